The predicted molar refractivity (Wildman–Crippen MR) is 77.3 cm³/mol. The van der Waals surface area contributed by atoms with Crippen molar-refractivity contribution in [1.82, 2.24) is 5.32 Å². The molecule has 2 saturated heterocycles. The first-order valence-corrected chi connectivity index (χ1v) is 7.54. The fourth-order valence-corrected chi connectivity index (χ4v) is 3.89. The van der Waals surface area contributed by atoms with Gasteiger partial charge >= 0.3 is 0 Å². The van der Waals surface area contributed by atoms with Gasteiger partial charge in [-0.1, -0.05) is 36.8 Å². The van der Waals surface area contributed by atoms with Crippen molar-refractivity contribution in [3.05, 3.63) is 35.4 Å². The average Bonchev–Trinajstić information content (AvgIpc) is 2.80. The third kappa shape index (κ3) is 2.34. The van der Waals surface area contributed by atoms with E-state index in [0.717, 1.165) is 6.42 Å². The number of aryl methyl sites for hydroxylation is 1. The van der Waals surface area contributed by atoms with E-state index < -0.39 is 0 Å². The van der Waals surface area contributed by atoms with E-state index in [1.54, 1.807) is 0 Å². The van der Waals surface area contributed by atoms with E-state index in [1.807, 2.05) is 6.92 Å². The number of hydrogen-bond donors (Lipinski definition) is 1. The Morgan fingerprint density at radius 1 is 1.26 bits per heavy atom. The van der Waals surface area contributed by atoms with Gasteiger partial charge in [-0.2, -0.15) is 0 Å². The van der Waals surface area contributed by atoms with Crippen molar-refractivity contribution in [2.45, 2.75) is 57.5 Å². The van der Waals surface area contributed by atoms with Gasteiger partial charge in [0.25, 0.3) is 0 Å². The van der Waals surface area contributed by atoms with Gasteiger partial charge in [-0.15, -0.1) is 0 Å². The van der Waals surface area contributed by atoms with Crippen molar-refractivity contribution in [2.24, 2.45) is 5.92 Å². The summed E-state index contributed by atoms with van der Waals surface area (Å²) in [6.45, 7) is 4.11. The molecular weight excluding hydrogens is 234 g/mol. The van der Waals surface area contributed by atoms with Crippen LogP contribution < -0.4 is 5.32 Å². The summed E-state index contributed by atoms with van der Waals surface area (Å²) in [7, 11) is 0. The number of rotatable bonds is 3. The molecule has 0 aliphatic carbocycles. The van der Waals surface area contributed by atoms with Crippen molar-refractivity contribution < 1.29 is 4.79 Å². The highest BCUT2D eigenvalue weighted by Gasteiger charge is 2.44. The summed E-state index contributed by atoms with van der Waals surface area (Å²) >= 11 is 0. The molecule has 0 radical (unpaired) electrons. The number of hydrogen-bond acceptors (Lipinski definition) is 2. The molecule has 3 rings (SSSR count). The maximum absolute atomic E-state index is 12.4. The van der Waals surface area contributed by atoms with Gasteiger partial charge in [-0.25, -0.2) is 0 Å². The minimum atomic E-state index is 0.187. The lowest BCUT2D eigenvalue weighted by molar-refractivity contribution is -0.124. The highest BCUT2D eigenvalue weighted by atomic mass is 16.1. The minimum Gasteiger partial charge on any atom is -0.310 e. The van der Waals surface area contributed by atoms with Gasteiger partial charge in [-0.05, 0) is 37.7 Å². The number of Topliss-reactive ketones (excluding diaryl/α,β-unsaturated/α-hetero) is 1. The predicted octanol–water partition coefficient (Wildman–Crippen LogP) is 3.20. The van der Waals surface area contributed by atoms with Crippen LogP contribution in [0.4, 0.5) is 0 Å². The second kappa shape index (κ2) is 5.09. The first-order valence-electron chi connectivity index (χ1n) is 7.54. The zero-order valence-electron chi connectivity index (χ0n) is 11.9. The number of piperidine rings is 1. The minimum absolute atomic E-state index is 0.187. The van der Waals surface area contributed by atoms with Gasteiger partial charge < -0.3 is 5.32 Å². The largest absolute Gasteiger partial charge is 0.310 e. The van der Waals surface area contributed by atoms with Crippen LogP contribution in [0.2, 0.25) is 0 Å². The topological polar surface area (TPSA) is 29.1 Å². The summed E-state index contributed by atoms with van der Waals surface area (Å²) < 4.78 is 0. The number of nitrogens with one attached hydrogen (secondary N) is 1. The summed E-state index contributed by atoms with van der Waals surface area (Å²) in [6.07, 6.45) is 4.19. The maximum atomic E-state index is 12.4. The van der Waals surface area contributed by atoms with E-state index in [1.165, 1.54) is 24.0 Å². The zero-order chi connectivity index (χ0) is 13.4. The number of fused-ring (bicyclic) bond motifs is 2. The van der Waals surface area contributed by atoms with Crippen LogP contribution in [0.15, 0.2) is 24.3 Å². The monoisotopic (exact) mass is 257 g/mol. The van der Waals surface area contributed by atoms with Crippen LogP contribution in [-0.4, -0.2) is 17.9 Å². The summed E-state index contributed by atoms with van der Waals surface area (Å²) in [5.41, 5.74) is 2.65. The van der Waals surface area contributed by atoms with Crippen molar-refractivity contribution in [3.63, 3.8) is 0 Å². The highest BCUT2D eigenvalue weighted by molar-refractivity contribution is 5.82. The molecule has 2 fully saturated rings. The van der Waals surface area contributed by atoms with Crippen LogP contribution in [-0.2, 0) is 4.79 Å². The average molecular weight is 257 g/mol. The summed E-state index contributed by atoms with van der Waals surface area (Å²) in [4.78, 5) is 12.4. The zero-order valence-corrected chi connectivity index (χ0v) is 11.9. The molecule has 4 atom stereocenters. The molecule has 2 heteroatoms. The molecule has 0 aromatic heterocycles. The molecular formula is C17H23NO. The van der Waals surface area contributed by atoms with Crippen LogP contribution in [0.5, 0.6) is 0 Å². The molecule has 0 spiro atoms. The number of carbonyl (C=O) groups is 1. The van der Waals surface area contributed by atoms with Gasteiger partial charge in [0, 0.05) is 24.4 Å². The van der Waals surface area contributed by atoms with E-state index in [9.17, 15) is 4.79 Å². The fraction of sp³-hybridized carbons (Fsp3) is 0.588. The molecule has 1 aromatic rings. The normalized spacial score (nSPS) is 33.4. The van der Waals surface area contributed by atoms with E-state index in [0.29, 0.717) is 30.2 Å². The van der Waals surface area contributed by atoms with E-state index in [2.05, 4.69) is 36.5 Å². The van der Waals surface area contributed by atoms with Gasteiger partial charge in [0.1, 0.15) is 5.78 Å². The Morgan fingerprint density at radius 3 is 2.68 bits per heavy atom. The van der Waals surface area contributed by atoms with Crippen molar-refractivity contribution in [3.8, 4) is 0 Å². The van der Waals surface area contributed by atoms with Crippen molar-refractivity contribution >= 4 is 5.78 Å². The molecule has 0 unspecified atom stereocenters. The molecule has 1 N–H and O–H groups in total. The summed E-state index contributed by atoms with van der Waals surface area (Å²) in [5.74, 6) is 1.04. The highest BCUT2D eigenvalue weighted by Crippen LogP contribution is 2.42. The summed E-state index contributed by atoms with van der Waals surface area (Å²) in [5, 5.41) is 3.65. The van der Waals surface area contributed by atoms with E-state index >= 15 is 0 Å². The standard InChI is InChI=1S/C17H23NO/c1-3-16(19)17-14(10-13-8-9-15(17)18-13)12-6-4-11(2)5-7-12/h4-7,13-15,17-18H,3,8-10H2,1-2H3/t13-,14+,15+,17+/m0/s1. The number of ketones is 1. The Morgan fingerprint density at radius 2 is 2.00 bits per heavy atom. The van der Waals surface area contributed by atoms with Crippen LogP contribution in [0.25, 0.3) is 0 Å². The molecule has 2 bridgehead atoms. The van der Waals surface area contributed by atoms with Crippen LogP contribution in [0.1, 0.15) is 49.7 Å². The first-order chi connectivity index (χ1) is 9.19. The molecule has 2 aliphatic rings. The van der Waals surface area contributed by atoms with Crippen molar-refractivity contribution in [1.29, 1.82) is 0 Å². The molecule has 0 amide bonds. The third-order valence-electron chi connectivity index (χ3n) is 4.91. The maximum Gasteiger partial charge on any atom is 0.137 e. The molecule has 19 heavy (non-hydrogen) atoms. The lowest BCUT2D eigenvalue weighted by atomic mass is 9.74. The Kier molecular flexibility index (Phi) is 3.44. The summed E-state index contributed by atoms with van der Waals surface area (Å²) in [6, 6.07) is 9.83. The fourth-order valence-electron chi connectivity index (χ4n) is 3.89. The molecule has 2 heterocycles. The van der Waals surface area contributed by atoms with E-state index in [4.69, 9.17) is 0 Å². The SMILES string of the molecule is CCC(=O)[C@@H]1[C@@H](c2ccc(C)cc2)C[C@@H]2CC[C@H]1N2. The first kappa shape index (κ1) is 12.9. The number of carbonyl (C=O) groups excluding carboxylic acids is 1. The van der Waals surface area contributed by atoms with Gasteiger partial charge in [-0.3, -0.25) is 4.79 Å². The second-order valence-corrected chi connectivity index (χ2v) is 6.15. The Bertz CT molecular complexity index is 465. The van der Waals surface area contributed by atoms with E-state index in [-0.39, 0.29) is 5.92 Å². The van der Waals surface area contributed by atoms with Crippen LogP contribution in [0, 0.1) is 12.8 Å². The van der Waals surface area contributed by atoms with Crippen molar-refractivity contribution in [2.75, 3.05) is 0 Å². The molecule has 2 aliphatic heterocycles. The Balaban J connectivity index is 1.92. The molecule has 0 saturated carbocycles. The van der Waals surface area contributed by atoms with Gasteiger partial charge in [0.05, 0.1) is 0 Å². The van der Waals surface area contributed by atoms with Gasteiger partial charge in [0.15, 0.2) is 0 Å². The molecule has 2 nitrogen and oxygen atoms in total. The lowest BCUT2D eigenvalue weighted by Gasteiger charge is -2.37. The van der Waals surface area contributed by atoms with Gasteiger partial charge in [0.2, 0.25) is 0 Å². The van der Waals surface area contributed by atoms with Crippen LogP contribution in [0.3, 0.4) is 0 Å². The number of benzene rings is 1. The Labute approximate surface area is 115 Å². The smallest absolute Gasteiger partial charge is 0.137 e. The molecule has 1 aromatic carbocycles. The molecule has 102 valence electrons. The third-order valence-corrected chi connectivity index (χ3v) is 4.91. The lowest BCUT2D eigenvalue weighted by Crippen LogP contribution is -2.47. The quantitative estimate of drug-likeness (QED) is 0.901. The Hall–Kier alpha value is -1.15. The second-order valence-electron chi connectivity index (χ2n) is 6.15. The van der Waals surface area contributed by atoms with Crippen LogP contribution >= 0.6 is 0 Å².